The van der Waals surface area contributed by atoms with E-state index in [0.717, 1.165) is 38.6 Å². The lowest BCUT2D eigenvalue weighted by atomic mass is 9.84. The van der Waals surface area contributed by atoms with Crippen molar-refractivity contribution >= 4 is 65.0 Å². The van der Waals surface area contributed by atoms with Crippen LogP contribution in [0.25, 0.3) is 110 Å². The summed E-state index contributed by atoms with van der Waals surface area (Å²) in [6.45, 7) is 0. The van der Waals surface area contributed by atoms with E-state index in [1.54, 1.807) is 0 Å². The van der Waals surface area contributed by atoms with E-state index in [9.17, 15) is 0 Å². The Morgan fingerprint density at radius 2 is 0.830 bits per heavy atom. The summed E-state index contributed by atoms with van der Waals surface area (Å²) in [5.41, 5.74) is 11.4. The van der Waals surface area contributed by atoms with Crippen molar-refractivity contribution in [1.82, 2.24) is 0 Å². The van der Waals surface area contributed by atoms with Crippen molar-refractivity contribution in [3.8, 4) is 44.5 Å². The molecule has 11 rings (SSSR count). The summed E-state index contributed by atoms with van der Waals surface area (Å²) in [7, 11) is 0. The number of hydrogen-bond acceptors (Lipinski definition) is 1. The number of fused-ring (bicyclic) bond motifs is 8. The maximum Gasteiger partial charge on any atom is 0.143 e. The van der Waals surface area contributed by atoms with Gasteiger partial charge in [-0.25, -0.2) is 0 Å². The molecule has 53 heavy (non-hydrogen) atoms. The van der Waals surface area contributed by atoms with Crippen molar-refractivity contribution in [2.24, 2.45) is 0 Å². The minimum Gasteiger partial charge on any atom is -0.455 e. The first-order chi connectivity index (χ1) is 26.3. The molecule has 246 valence electrons. The van der Waals surface area contributed by atoms with Crippen molar-refractivity contribution in [2.45, 2.75) is 0 Å². The second-order valence-electron chi connectivity index (χ2n) is 14.0. The van der Waals surface area contributed by atoms with E-state index in [0.29, 0.717) is 0 Å². The van der Waals surface area contributed by atoms with Gasteiger partial charge in [0, 0.05) is 16.3 Å². The topological polar surface area (TPSA) is 13.1 Å². The van der Waals surface area contributed by atoms with Crippen LogP contribution in [0.4, 0.5) is 0 Å². The van der Waals surface area contributed by atoms with Crippen LogP contribution >= 0.6 is 0 Å². The first-order valence-electron chi connectivity index (χ1n) is 18.3. The molecule has 0 spiro atoms. The van der Waals surface area contributed by atoms with Gasteiger partial charge >= 0.3 is 0 Å². The molecule has 0 radical (unpaired) electrons. The number of hydrogen-bond donors (Lipinski definition) is 0. The zero-order valence-electron chi connectivity index (χ0n) is 28.9. The summed E-state index contributed by atoms with van der Waals surface area (Å²) < 4.78 is 6.77. The molecule has 0 aliphatic heterocycles. The molecule has 1 heterocycles. The molecule has 0 bridgehead atoms. The molecular weight excluding hydrogens is 641 g/mol. The second kappa shape index (κ2) is 11.8. The molecule has 11 aromatic rings. The Morgan fingerprint density at radius 3 is 1.60 bits per heavy atom. The van der Waals surface area contributed by atoms with Gasteiger partial charge in [-0.15, -0.1) is 0 Å². The Kier molecular flexibility index (Phi) is 6.62. The largest absolute Gasteiger partial charge is 0.455 e. The van der Waals surface area contributed by atoms with Crippen molar-refractivity contribution in [3.63, 3.8) is 0 Å². The van der Waals surface area contributed by atoms with Gasteiger partial charge in [0.15, 0.2) is 0 Å². The highest BCUT2D eigenvalue weighted by atomic mass is 16.3. The Labute approximate surface area is 307 Å². The third kappa shape index (κ3) is 4.64. The van der Waals surface area contributed by atoms with E-state index in [2.05, 4.69) is 194 Å². The van der Waals surface area contributed by atoms with Gasteiger partial charge in [0.1, 0.15) is 11.2 Å². The maximum atomic E-state index is 6.77. The van der Waals surface area contributed by atoms with Crippen LogP contribution in [0.15, 0.2) is 199 Å². The second-order valence-corrected chi connectivity index (χ2v) is 14.0. The van der Waals surface area contributed by atoms with E-state index in [1.165, 1.54) is 70.9 Å². The van der Waals surface area contributed by atoms with Gasteiger partial charge in [-0.1, -0.05) is 170 Å². The summed E-state index contributed by atoms with van der Waals surface area (Å²) in [6, 6.07) is 70.5. The molecule has 0 amide bonds. The van der Waals surface area contributed by atoms with Crippen LogP contribution in [0, 0.1) is 0 Å². The first-order valence-corrected chi connectivity index (χ1v) is 18.3. The zero-order valence-corrected chi connectivity index (χ0v) is 28.9. The Morgan fingerprint density at radius 1 is 0.264 bits per heavy atom. The summed E-state index contributed by atoms with van der Waals surface area (Å²) in [6.07, 6.45) is 0. The third-order valence-corrected chi connectivity index (χ3v) is 11.0. The van der Waals surface area contributed by atoms with Gasteiger partial charge in [0.05, 0.1) is 0 Å². The van der Waals surface area contributed by atoms with Crippen molar-refractivity contribution in [2.75, 3.05) is 0 Å². The highest BCUT2D eigenvalue weighted by Gasteiger charge is 2.20. The fourth-order valence-corrected chi connectivity index (χ4v) is 8.66. The van der Waals surface area contributed by atoms with Gasteiger partial charge in [-0.2, -0.15) is 0 Å². The average Bonchev–Trinajstić information content (AvgIpc) is 3.61. The minimum atomic E-state index is 0.893. The number of benzene rings is 10. The summed E-state index contributed by atoms with van der Waals surface area (Å²) >= 11 is 0. The standard InChI is InChI=1S/C52H32O/c1-3-14-33(15-4-1)39-24-13-25-46-42-28-27-37(32-49(42)53-52(39)46)51-44-23-12-11-22-43(44)50(34-16-5-2-6-17-34)48-31-36(26-29-45(48)51)47-30-35-18-7-8-19-38(35)40-20-9-10-21-41(40)47/h1-32H. The van der Waals surface area contributed by atoms with Gasteiger partial charge in [0.25, 0.3) is 0 Å². The Bertz CT molecular complexity index is 3210. The quantitative estimate of drug-likeness (QED) is 0.134. The summed E-state index contributed by atoms with van der Waals surface area (Å²) in [5, 5.41) is 12.2. The Hall–Kier alpha value is -6.96. The van der Waals surface area contributed by atoms with Gasteiger partial charge in [-0.05, 0) is 106 Å². The summed E-state index contributed by atoms with van der Waals surface area (Å²) in [4.78, 5) is 0. The third-order valence-electron chi connectivity index (χ3n) is 11.0. The lowest BCUT2D eigenvalue weighted by molar-refractivity contribution is 0.670. The number of furan rings is 1. The Balaban J connectivity index is 1.21. The van der Waals surface area contributed by atoms with E-state index in [1.807, 2.05) is 0 Å². The SMILES string of the molecule is c1ccc(-c2c3ccccc3c(-c3ccc4c(c3)oc3c(-c5ccccc5)cccc34)c3ccc(-c4cc5ccccc5c5ccccc45)cc23)cc1. The molecule has 1 heteroatoms. The van der Waals surface area contributed by atoms with Crippen molar-refractivity contribution in [3.05, 3.63) is 194 Å². The minimum absolute atomic E-state index is 0.893. The van der Waals surface area contributed by atoms with Gasteiger partial charge in [0.2, 0.25) is 0 Å². The van der Waals surface area contributed by atoms with E-state index < -0.39 is 0 Å². The van der Waals surface area contributed by atoms with Crippen molar-refractivity contribution < 1.29 is 4.42 Å². The normalized spacial score (nSPS) is 11.8. The average molecular weight is 673 g/mol. The maximum absolute atomic E-state index is 6.77. The molecule has 1 nitrogen and oxygen atoms in total. The first kappa shape index (κ1) is 29.7. The van der Waals surface area contributed by atoms with Crippen LogP contribution < -0.4 is 0 Å². The van der Waals surface area contributed by atoms with Gasteiger partial charge < -0.3 is 4.42 Å². The smallest absolute Gasteiger partial charge is 0.143 e. The van der Waals surface area contributed by atoms with E-state index >= 15 is 0 Å². The lowest BCUT2D eigenvalue weighted by Gasteiger charge is -2.19. The molecular formula is C52H32O. The fourth-order valence-electron chi connectivity index (χ4n) is 8.66. The number of rotatable bonds is 4. The highest BCUT2D eigenvalue weighted by Crippen LogP contribution is 2.47. The van der Waals surface area contributed by atoms with E-state index in [-0.39, 0.29) is 0 Å². The predicted molar refractivity (Wildman–Crippen MR) is 225 cm³/mol. The van der Waals surface area contributed by atoms with Crippen LogP contribution in [-0.2, 0) is 0 Å². The predicted octanol–water partition coefficient (Wildman–Crippen LogP) is 14.9. The van der Waals surface area contributed by atoms with Crippen LogP contribution in [0.1, 0.15) is 0 Å². The molecule has 0 fully saturated rings. The zero-order chi connectivity index (χ0) is 34.9. The molecule has 0 unspecified atom stereocenters. The fraction of sp³-hybridized carbons (Fsp3) is 0. The molecule has 1 aromatic heterocycles. The highest BCUT2D eigenvalue weighted by molar-refractivity contribution is 6.23. The molecule has 0 saturated heterocycles. The van der Waals surface area contributed by atoms with Crippen LogP contribution in [0.3, 0.4) is 0 Å². The van der Waals surface area contributed by atoms with Crippen molar-refractivity contribution in [1.29, 1.82) is 0 Å². The lowest BCUT2D eigenvalue weighted by Crippen LogP contribution is -1.92. The van der Waals surface area contributed by atoms with Crippen LogP contribution in [0.5, 0.6) is 0 Å². The molecule has 0 aliphatic carbocycles. The monoisotopic (exact) mass is 672 g/mol. The van der Waals surface area contributed by atoms with E-state index in [4.69, 9.17) is 4.42 Å². The molecule has 0 aliphatic rings. The molecule has 0 atom stereocenters. The molecule has 10 aromatic carbocycles. The summed E-state index contributed by atoms with van der Waals surface area (Å²) in [5.74, 6) is 0. The molecule has 0 N–H and O–H groups in total. The number of para-hydroxylation sites is 1. The van der Waals surface area contributed by atoms with Crippen LogP contribution in [0.2, 0.25) is 0 Å². The van der Waals surface area contributed by atoms with Gasteiger partial charge in [-0.3, -0.25) is 0 Å². The van der Waals surface area contributed by atoms with Crippen LogP contribution in [-0.4, -0.2) is 0 Å². The molecule has 0 saturated carbocycles.